The molecule has 0 aliphatic rings. The van der Waals surface area contributed by atoms with E-state index in [1.807, 2.05) is 19.1 Å². The van der Waals surface area contributed by atoms with Crippen molar-refractivity contribution < 1.29 is 4.42 Å². The Hall–Kier alpha value is -1.56. The number of hydrogen-bond donors (Lipinski definition) is 2. The molecule has 0 saturated carbocycles. The zero-order valence-corrected chi connectivity index (χ0v) is 12.8. The molecule has 0 unspecified atom stereocenters. The minimum Gasteiger partial charge on any atom is -0.460 e. The first-order valence-corrected chi connectivity index (χ1v) is 6.82. The van der Waals surface area contributed by atoms with Crippen LogP contribution in [0.1, 0.15) is 11.5 Å². The molecule has 2 N–H and O–H groups in total. The maximum absolute atomic E-state index is 6.02. The molecule has 1 heterocycles. The van der Waals surface area contributed by atoms with Gasteiger partial charge in [0.15, 0.2) is 5.11 Å². The Morgan fingerprint density at radius 3 is 2.75 bits per heavy atom. The number of anilines is 1. The van der Waals surface area contributed by atoms with Crippen LogP contribution in [0.2, 0.25) is 10.0 Å². The molecule has 0 amide bonds. The molecular formula is C13H11Cl2N3OS. The van der Waals surface area contributed by atoms with E-state index >= 15 is 0 Å². The number of nitrogens with zero attached hydrogens (tertiary/aromatic N) is 1. The van der Waals surface area contributed by atoms with Crippen LogP contribution >= 0.6 is 35.4 Å². The van der Waals surface area contributed by atoms with Crippen LogP contribution in [0.3, 0.4) is 0 Å². The Morgan fingerprint density at radius 2 is 2.10 bits per heavy atom. The van der Waals surface area contributed by atoms with Gasteiger partial charge in [-0.25, -0.2) is 0 Å². The Morgan fingerprint density at radius 1 is 1.30 bits per heavy atom. The highest BCUT2D eigenvalue weighted by atomic mass is 35.5. The normalized spacial score (nSPS) is 10.8. The number of hydrazone groups is 1. The van der Waals surface area contributed by atoms with E-state index in [-0.39, 0.29) is 0 Å². The molecule has 2 aromatic rings. The van der Waals surface area contributed by atoms with Gasteiger partial charge in [0.25, 0.3) is 0 Å². The topological polar surface area (TPSA) is 49.6 Å². The number of furan rings is 1. The van der Waals surface area contributed by atoms with Gasteiger partial charge in [-0.15, -0.1) is 0 Å². The van der Waals surface area contributed by atoms with Crippen molar-refractivity contribution in [2.75, 3.05) is 5.32 Å². The number of thiocarbonyl (C=S) groups is 1. The van der Waals surface area contributed by atoms with Crippen LogP contribution in [0.15, 0.2) is 39.9 Å². The summed E-state index contributed by atoms with van der Waals surface area (Å²) >= 11 is 16.9. The second-order valence-electron chi connectivity index (χ2n) is 3.90. The standard InChI is InChI=1S/C13H11Cl2N3OS/c1-8-2-4-10(19-8)7-16-18-13(20)17-12-5-3-9(14)6-11(12)15/h2-7H,1H3,(H2,17,18,20). The quantitative estimate of drug-likeness (QED) is 0.503. The summed E-state index contributed by atoms with van der Waals surface area (Å²) < 4.78 is 5.33. The fourth-order valence-electron chi connectivity index (χ4n) is 1.42. The molecule has 0 bridgehead atoms. The van der Waals surface area contributed by atoms with Crippen molar-refractivity contribution in [2.45, 2.75) is 6.92 Å². The molecule has 0 spiro atoms. The summed E-state index contributed by atoms with van der Waals surface area (Å²) in [5, 5.41) is 8.22. The van der Waals surface area contributed by atoms with E-state index in [1.54, 1.807) is 18.2 Å². The Labute approximate surface area is 131 Å². The lowest BCUT2D eigenvalue weighted by atomic mass is 10.3. The largest absolute Gasteiger partial charge is 0.460 e. The summed E-state index contributed by atoms with van der Waals surface area (Å²) in [6.45, 7) is 1.86. The lowest BCUT2D eigenvalue weighted by Crippen LogP contribution is -2.23. The average molecular weight is 328 g/mol. The average Bonchev–Trinajstić information content (AvgIpc) is 2.79. The highest BCUT2D eigenvalue weighted by molar-refractivity contribution is 7.80. The third-order valence-corrected chi connectivity index (χ3v) is 3.04. The minimum absolute atomic E-state index is 0.314. The van der Waals surface area contributed by atoms with Crippen molar-refractivity contribution in [3.8, 4) is 0 Å². The molecule has 0 radical (unpaired) electrons. The maximum atomic E-state index is 6.02. The van der Waals surface area contributed by atoms with Crippen LogP contribution < -0.4 is 10.7 Å². The van der Waals surface area contributed by atoms with Crippen LogP contribution in [0.25, 0.3) is 0 Å². The highest BCUT2D eigenvalue weighted by Gasteiger charge is 2.02. The first-order chi connectivity index (χ1) is 9.54. The third-order valence-electron chi connectivity index (χ3n) is 2.30. The summed E-state index contributed by atoms with van der Waals surface area (Å²) in [4.78, 5) is 0. The molecule has 1 aromatic heterocycles. The minimum atomic E-state index is 0.314. The summed E-state index contributed by atoms with van der Waals surface area (Å²) in [6.07, 6.45) is 1.53. The highest BCUT2D eigenvalue weighted by Crippen LogP contribution is 2.25. The van der Waals surface area contributed by atoms with Crippen molar-refractivity contribution in [1.82, 2.24) is 5.43 Å². The smallest absolute Gasteiger partial charge is 0.191 e. The van der Waals surface area contributed by atoms with Gasteiger partial charge < -0.3 is 9.73 Å². The van der Waals surface area contributed by atoms with Crippen molar-refractivity contribution in [2.24, 2.45) is 5.10 Å². The van der Waals surface area contributed by atoms with Gasteiger partial charge in [-0.2, -0.15) is 5.10 Å². The van der Waals surface area contributed by atoms with Crippen molar-refractivity contribution >= 4 is 52.4 Å². The summed E-state index contributed by atoms with van der Waals surface area (Å²) in [7, 11) is 0. The van der Waals surface area contributed by atoms with E-state index < -0.39 is 0 Å². The zero-order chi connectivity index (χ0) is 14.5. The fourth-order valence-corrected chi connectivity index (χ4v) is 2.04. The van der Waals surface area contributed by atoms with E-state index in [2.05, 4.69) is 15.8 Å². The van der Waals surface area contributed by atoms with Gasteiger partial charge in [-0.3, -0.25) is 5.43 Å². The summed E-state index contributed by atoms with van der Waals surface area (Å²) in [6, 6.07) is 8.74. The van der Waals surface area contributed by atoms with E-state index in [4.69, 9.17) is 39.8 Å². The van der Waals surface area contributed by atoms with Crippen molar-refractivity contribution in [3.05, 3.63) is 51.9 Å². The number of aryl methyl sites for hydroxylation is 1. The Bertz CT molecular complexity index is 655. The predicted molar refractivity (Wildman–Crippen MR) is 86.9 cm³/mol. The molecule has 2 rings (SSSR count). The zero-order valence-electron chi connectivity index (χ0n) is 10.5. The summed E-state index contributed by atoms with van der Waals surface area (Å²) in [5.41, 5.74) is 3.32. The molecule has 0 atom stereocenters. The van der Waals surface area contributed by atoms with Crippen LogP contribution in [0, 0.1) is 6.92 Å². The molecule has 0 aliphatic carbocycles. The molecule has 0 fully saturated rings. The molecule has 4 nitrogen and oxygen atoms in total. The first kappa shape index (κ1) is 14.8. The molecule has 7 heteroatoms. The lowest BCUT2D eigenvalue weighted by Gasteiger charge is -2.08. The van der Waals surface area contributed by atoms with Gasteiger partial charge in [0.05, 0.1) is 16.9 Å². The number of rotatable bonds is 3. The Balaban J connectivity index is 1.91. The molecule has 0 saturated heterocycles. The fraction of sp³-hybridized carbons (Fsp3) is 0.0769. The SMILES string of the molecule is Cc1ccc(C=NNC(=S)Nc2ccc(Cl)cc2Cl)o1. The van der Waals surface area contributed by atoms with Gasteiger partial charge in [-0.1, -0.05) is 23.2 Å². The van der Waals surface area contributed by atoms with E-state index in [1.165, 1.54) is 6.21 Å². The van der Waals surface area contributed by atoms with Gasteiger partial charge in [-0.05, 0) is 49.5 Å². The van der Waals surface area contributed by atoms with Gasteiger partial charge in [0.2, 0.25) is 0 Å². The lowest BCUT2D eigenvalue weighted by molar-refractivity contribution is 0.527. The van der Waals surface area contributed by atoms with Gasteiger partial charge in [0, 0.05) is 5.02 Å². The number of nitrogens with one attached hydrogen (secondary N) is 2. The molecular weight excluding hydrogens is 317 g/mol. The van der Waals surface area contributed by atoms with Crippen LogP contribution in [-0.2, 0) is 0 Å². The number of halogens is 2. The van der Waals surface area contributed by atoms with E-state index in [0.717, 1.165) is 5.76 Å². The second-order valence-corrected chi connectivity index (χ2v) is 5.15. The third kappa shape index (κ3) is 4.23. The second kappa shape index (κ2) is 6.74. The molecule has 20 heavy (non-hydrogen) atoms. The molecule has 0 aliphatic heterocycles. The van der Waals surface area contributed by atoms with Gasteiger partial charge >= 0.3 is 0 Å². The van der Waals surface area contributed by atoms with Crippen molar-refractivity contribution in [3.63, 3.8) is 0 Å². The van der Waals surface area contributed by atoms with Crippen LogP contribution in [-0.4, -0.2) is 11.3 Å². The molecule has 104 valence electrons. The van der Waals surface area contributed by atoms with Gasteiger partial charge in [0.1, 0.15) is 11.5 Å². The Kier molecular flexibility index (Phi) is 5.00. The first-order valence-electron chi connectivity index (χ1n) is 5.66. The van der Waals surface area contributed by atoms with E-state index in [9.17, 15) is 0 Å². The number of benzene rings is 1. The molecule has 1 aromatic carbocycles. The van der Waals surface area contributed by atoms with Crippen LogP contribution in [0.4, 0.5) is 5.69 Å². The van der Waals surface area contributed by atoms with Crippen LogP contribution in [0.5, 0.6) is 0 Å². The van der Waals surface area contributed by atoms with E-state index in [0.29, 0.717) is 26.6 Å². The predicted octanol–water partition coefficient (Wildman–Crippen LogP) is 4.22. The van der Waals surface area contributed by atoms with Crippen molar-refractivity contribution in [1.29, 1.82) is 0 Å². The maximum Gasteiger partial charge on any atom is 0.191 e. The monoisotopic (exact) mass is 327 g/mol. The number of hydrogen-bond acceptors (Lipinski definition) is 3. The summed E-state index contributed by atoms with van der Waals surface area (Å²) in [5.74, 6) is 1.46.